The average molecular weight is 349 g/mol. The van der Waals surface area contributed by atoms with Crippen LogP contribution in [0.3, 0.4) is 0 Å². The number of hydrogen-bond acceptors (Lipinski definition) is 3. The van der Waals surface area contributed by atoms with Crippen LogP contribution in [0.2, 0.25) is 0 Å². The number of pyridine rings is 1. The highest BCUT2D eigenvalue weighted by Crippen LogP contribution is 2.40. The lowest BCUT2D eigenvalue weighted by atomic mass is 9.90. The minimum absolute atomic E-state index is 0.111. The number of halogens is 2. The summed E-state index contributed by atoms with van der Waals surface area (Å²) in [5.41, 5.74) is 2.30. The van der Waals surface area contributed by atoms with Crippen LogP contribution in [-0.2, 0) is 10.2 Å². The number of alkyl halides is 1. The Kier molecular flexibility index (Phi) is 4.32. The summed E-state index contributed by atoms with van der Waals surface area (Å²) in [6, 6.07) is 7.41. The molecule has 1 aliphatic heterocycles. The zero-order valence-corrected chi connectivity index (χ0v) is 14.2. The van der Waals surface area contributed by atoms with E-state index in [1.54, 1.807) is 17.2 Å². The summed E-state index contributed by atoms with van der Waals surface area (Å²) in [5.74, 6) is -0.669. The number of carbonyl (C=O) groups is 1. The van der Waals surface area contributed by atoms with Crippen LogP contribution < -0.4 is 4.90 Å². The lowest BCUT2D eigenvalue weighted by Crippen LogP contribution is -2.34. The first-order valence-electron chi connectivity index (χ1n) is 7.64. The summed E-state index contributed by atoms with van der Waals surface area (Å²) >= 11 is 5.71. The Morgan fingerprint density at radius 1 is 1.38 bits per heavy atom. The third-order valence-electron chi connectivity index (χ3n) is 4.29. The Balaban J connectivity index is 2.01. The van der Waals surface area contributed by atoms with E-state index in [9.17, 15) is 14.3 Å². The van der Waals surface area contributed by atoms with Gasteiger partial charge in [-0.2, -0.15) is 0 Å². The van der Waals surface area contributed by atoms with Crippen molar-refractivity contribution in [3.8, 4) is 0 Å². The third kappa shape index (κ3) is 2.89. The summed E-state index contributed by atoms with van der Waals surface area (Å²) < 4.78 is 13.0. The molecule has 1 aromatic carbocycles. The molecule has 1 atom stereocenters. The zero-order valence-electron chi connectivity index (χ0n) is 13.5. The van der Waals surface area contributed by atoms with E-state index in [-0.39, 0.29) is 23.0 Å². The first-order chi connectivity index (χ1) is 11.3. The number of amides is 1. The van der Waals surface area contributed by atoms with Crippen molar-refractivity contribution in [2.75, 3.05) is 17.3 Å². The van der Waals surface area contributed by atoms with Crippen molar-refractivity contribution in [3.63, 3.8) is 0 Å². The van der Waals surface area contributed by atoms with Gasteiger partial charge in [0.2, 0.25) is 5.91 Å². The molecule has 1 N–H and O–H groups in total. The number of aliphatic hydroxyl groups excluding tert-OH is 1. The number of rotatable bonds is 3. The molecule has 2 aromatic rings. The number of fused-ring (bicyclic) bond motifs is 1. The van der Waals surface area contributed by atoms with Crippen LogP contribution in [0.1, 0.15) is 36.8 Å². The van der Waals surface area contributed by atoms with Crippen molar-refractivity contribution in [2.45, 2.75) is 25.4 Å². The van der Waals surface area contributed by atoms with E-state index in [2.05, 4.69) is 4.98 Å². The summed E-state index contributed by atoms with van der Waals surface area (Å²) in [5, 5.41) is 10.5. The molecule has 6 heteroatoms. The Labute approximate surface area is 144 Å². The number of aliphatic hydroxyl groups is 1. The van der Waals surface area contributed by atoms with Crippen LogP contribution in [0, 0.1) is 5.82 Å². The normalized spacial score (nSPS) is 16.8. The summed E-state index contributed by atoms with van der Waals surface area (Å²) in [6.45, 7) is 4.52. The second kappa shape index (κ2) is 6.15. The Morgan fingerprint density at radius 3 is 2.67 bits per heavy atom. The van der Waals surface area contributed by atoms with E-state index >= 15 is 0 Å². The molecular formula is C18H18ClFN2O2. The van der Waals surface area contributed by atoms with Gasteiger partial charge in [-0.1, -0.05) is 26.0 Å². The van der Waals surface area contributed by atoms with E-state index in [1.165, 1.54) is 24.3 Å². The van der Waals surface area contributed by atoms with Gasteiger partial charge >= 0.3 is 0 Å². The maximum atomic E-state index is 13.0. The summed E-state index contributed by atoms with van der Waals surface area (Å²) in [7, 11) is 0. The second-order valence-electron chi connectivity index (χ2n) is 6.59. The molecule has 24 heavy (non-hydrogen) atoms. The Hall–Kier alpha value is -1.98. The highest BCUT2D eigenvalue weighted by atomic mass is 35.5. The lowest BCUT2D eigenvalue weighted by Gasteiger charge is -2.19. The molecule has 0 spiro atoms. The molecule has 3 rings (SSSR count). The number of aromatic nitrogens is 1. The molecule has 0 radical (unpaired) electrons. The van der Waals surface area contributed by atoms with E-state index in [0.717, 1.165) is 5.69 Å². The topological polar surface area (TPSA) is 53.4 Å². The summed E-state index contributed by atoms with van der Waals surface area (Å²) in [6.07, 6.45) is 0.656. The molecular weight excluding hydrogens is 331 g/mol. The van der Waals surface area contributed by atoms with E-state index in [0.29, 0.717) is 23.4 Å². The zero-order chi connectivity index (χ0) is 17.5. The van der Waals surface area contributed by atoms with E-state index in [1.807, 2.05) is 13.8 Å². The molecule has 1 amide bonds. The fourth-order valence-electron chi connectivity index (χ4n) is 3.03. The SMILES string of the molecule is CC1(C)CN(C(=O)CCl)c2cc([C@H](O)c3ccc(F)cc3)cnc21. The number of anilines is 1. The number of carbonyl (C=O) groups excluding carboxylic acids is 1. The molecule has 0 bridgehead atoms. The van der Waals surface area contributed by atoms with Gasteiger partial charge in [-0.3, -0.25) is 9.78 Å². The van der Waals surface area contributed by atoms with Crippen LogP contribution in [0.5, 0.6) is 0 Å². The van der Waals surface area contributed by atoms with Crippen LogP contribution in [0.4, 0.5) is 10.1 Å². The lowest BCUT2D eigenvalue weighted by molar-refractivity contribution is -0.116. The predicted molar refractivity (Wildman–Crippen MR) is 90.8 cm³/mol. The van der Waals surface area contributed by atoms with E-state index in [4.69, 9.17) is 11.6 Å². The maximum Gasteiger partial charge on any atom is 0.241 e. The fourth-order valence-corrected chi connectivity index (χ4v) is 3.18. The number of hydrogen-bond donors (Lipinski definition) is 1. The van der Waals surface area contributed by atoms with Crippen molar-refractivity contribution >= 4 is 23.2 Å². The molecule has 0 saturated heterocycles. The highest BCUT2D eigenvalue weighted by molar-refractivity contribution is 6.29. The van der Waals surface area contributed by atoms with Gasteiger partial charge in [0.05, 0.1) is 11.4 Å². The van der Waals surface area contributed by atoms with Crippen molar-refractivity contribution in [1.82, 2.24) is 4.98 Å². The van der Waals surface area contributed by atoms with Gasteiger partial charge in [0.1, 0.15) is 17.8 Å². The van der Waals surface area contributed by atoms with Crippen LogP contribution >= 0.6 is 11.6 Å². The molecule has 1 aromatic heterocycles. The van der Waals surface area contributed by atoms with Crippen molar-refractivity contribution in [2.24, 2.45) is 0 Å². The molecule has 0 unspecified atom stereocenters. The van der Waals surface area contributed by atoms with Gasteiger partial charge in [-0.25, -0.2) is 4.39 Å². The minimum atomic E-state index is -0.944. The molecule has 4 nitrogen and oxygen atoms in total. The maximum absolute atomic E-state index is 13.0. The van der Waals surface area contributed by atoms with Crippen molar-refractivity contribution in [1.29, 1.82) is 0 Å². The largest absolute Gasteiger partial charge is 0.384 e. The third-order valence-corrected chi connectivity index (χ3v) is 4.52. The molecule has 0 saturated carbocycles. The van der Waals surface area contributed by atoms with Crippen molar-refractivity contribution in [3.05, 3.63) is 59.2 Å². The van der Waals surface area contributed by atoms with Gasteiger partial charge in [-0.15, -0.1) is 11.6 Å². The van der Waals surface area contributed by atoms with Crippen LogP contribution in [0.15, 0.2) is 36.5 Å². The molecule has 0 fully saturated rings. The monoisotopic (exact) mass is 348 g/mol. The number of nitrogens with zero attached hydrogens (tertiary/aromatic N) is 2. The van der Waals surface area contributed by atoms with Gasteiger partial charge in [0.15, 0.2) is 0 Å². The average Bonchev–Trinajstić information content (AvgIpc) is 2.85. The predicted octanol–water partition coefficient (Wildman–Crippen LogP) is 3.17. The van der Waals surface area contributed by atoms with Gasteiger partial charge < -0.3 is 10.0 Å². The second-order valence-corrected chi connectivity index (χ2v) is 6.86. The minimum Gasteiger partial charge on any atom is -0.384 e. The molecule has 126 valence electrons. The van der Waals surface area contributed by atoms with Gasteiger partial charge in [-0.05, 0) is 23.8 Å². The highest BCUT2D eigenvalue weighted by Gasteiger charge is 2.39. The van der Waals surface area contributed by atoms with Crippen LogP contribution in [-0.4, -0.2) is 28.4 Å². The Bertz CT molecular complexity index is 777. The Morgan fingerprint density at radius 2 is 2.04 bits per heavy atom. The first kappa shape index (κ1) is 16.9. The quantitative estimate of drug-likeness (QED) is 0.867. The van der Waals surface area contributed by atoms with Crippen molar-refractivity contribution < 1.29 is 14.3 Å². The number of benzene rings is 1. The first-order valence-corrected chi connectivity index (χ1v) is 8.17. The summed E-state index contributed by atoms with van der Waals surface area (Å²) in [4.78, 5) is 18.2. The standard InChI is InChI=1S/C18H18ClFN2O2/c1-18(2)10-22(15(23)8-19)14-7-12(9-21-17(14)18)16(24)11-3-5-13(20)6-4-11/h3-7,9,16,24H,8,10H2,1-2H3/t16-/m1/s1. The van der Waals surface area contributed by atoms with Crippen LogP contribution in [0.25, 0.3) is 0 Å². The molecule has 0 aliphatic carbocycles. The van der Waals surface area contributed by atoms with Gasteiger partial charge in [0, 0.05) is 23.7 Å². The van der Waals surface area contributed by atoms with Gasteiger partial charge in [0.25, 0.3) is 0 Å². The smallest absolute Gasteiger partial charge is 0.241 e. The molecule has 1 aliphatic rings. The molecule has 2 heterocycles. The fraction of sp³-hybridized carbons (Fsp3) is 0.333. The van der Waals surface area contributed by atoms with E-state index < -0.39 is 6.10 Å².